The fraction of sp³-hybridized carbons (Fsp3) is 0.321. The number of hydrogen-bond acceptors (Lipinski definition) is 7. The van der Waals surface area contributed by atoms with E-state index in [9.17, 15) is 9.18 Å². The van der Waals surface area contributed by atoms with Crippen molar-refractivity contribution in [1.29, 1.82) is 0 Å². The summed E-state index contributed by atoms with van der Waals surface area (Å²) in [5, 5.41) is 9.81. The summed E-state index contributed by atoms with van der Waals surface area (Å²) in [5.41, 5.74) is 5.61. The van der Waals surface area contributed by atoms with Crippen LogP contribution in [0.25, 0.3) is 16.9 Å². The van der Waals surface area contributed by atoms with E-state index >= 15 is 0 Å². The van der Waals surface area contributed by atoms with Crippen molar-refractivity contribution in [3.8, 4) is 11.3 Å². The second-order valence-electron chi connectivity index (χ2n) is 9.95. The van der Waals surface area contributed by atoms with Crippen molar-refractivity contribution in [3.05, 3.63) is 71.3 Å². The number of nitrogens with one attached hydrogen (secondary N) is 3. The molecule has 0 unspecified atom stereocenters. The van der Waals surface area contributed by atoms with Gasteiger partial charge in [-0.1, -0.05) is 12.1 Å². The van der Waals surface area contributed by atoms with E-state index in [0.29, 0.717) is 35.2 Å². The summed E-state index contributed by atoms with van der Waals surface area (Å²) >= 11 is 0. The van der Waals surface area contributed by atoms with Crippen LogP contribution in [0.2, 0.25) is 0 Å². The molecule has 1 aromatic carbocycles. The number of fused-ring (bicyclic) bond motifs is 2. The van der Waals surface area contributed by atoms with Crippen LogP contribution in [0.4, 0.5) is 21.7 Å². The molecule has 0 saturated carbocycles. The first-order valence-corrected chi connectivity index (χ1v) is 13.0. The number of carbonyl (C=O) groups excluding carboxylic acids is 1. The summed E-state index contributed by atoms with van der Waals surface area (Å²) in [6, 6.07) is 10.8. The van der Waals surface area contributed by atoms with Crippen LogP contribution in [0.15, 0.2) is 48.8 Å². The van der Waals surface area contributed by atoms with Gasteiger partial charge >= 0.3 is 0 Å². The van der Waals surface area contributed by atoms with Gasteiger partial charge in [-0.25, -0.2) is 14.4 Å². The van der Waals surface area contributed by atoms with Crippen LogP contribution in [0.5, 0.6) is 0 Å². The van der Waals surface area contributed by atoms with Gasteiger partial charge in [-0.15, -0.1) is 0 Å². The maximum atomic E-state index is 13.7. The summed E-state index contributed by atoms with van der Waals surface area (Å²) in [5.74, 6) is 1.56. The maximum absolute atomic E-state index is 13.7. The number of aromatic nitrogens is 3. The Morgan fingerprint density at radius 2 is 2.03 bits per heavy atom. The van der Waals surface area contributed by atoms with E-state index in [-0.39, 0.29) is 11.7 Å². The molecular weight excluding hydrogens is 485 g/mol. The summed E-state index contributed by atoms with van der Waals surface area (Å²) in [4.78, 5) is 24.7. The number of amides is 1. The average Bonchev–Trinajstić information content (AvgIpc) is 3.70. The largest absolute Gasteiger partial charge is 0.381 e. The van der Waals surface area contributed by atoms with Gasteiger partial charge in [0.15, 0.2) is 0 Å². The molecule has 3 aliphatic rings. The SMILES string of the molecule is O=C1NCc2c(-c3cnc4cc(F)ccn34)ccc(Nc3ccc([C@@H]4CCOC4)c(N4CCNCC4)n3)c21. The van der Waals surface area contributed by atoms with Gasteiger partial charge in [-0.05, 0) is 30.2 Å². The number of ether oxygens (including phenoxy) is 1. The Labute approximate surface area is 219 Å². The summed E-state index contributed by atoms with van der Waals surface area (Å²) in [6.07, 6.45) is 4.37. The zero-order valence-corrected chi connectivity index (χ0v) is 20.8. The molecule has 2 saturated heterocycles. The van der Waals surface area contributed by atoms with Crippen molar-refractivity contribution in [1.82, 2.24) is 25.0 Å². The highest BCUT2D eigenvalue weighted by molar-refractivity contribution is 6.06. The number of anilines is 3. The predicted octanol–water partition coefficient (Wildman–Crippen LogP) is 3.44. The molecule has 7 rings (SSSR count). The molecule has 10 heteroatoms. The maximum Gasteiger partial charge on any atom is 0.254 e. The average molecular weight is 514 g/mol. The molecule has 0 bridgehead atoms. The van der Waals surface area contributed by atoms with Crippen molar-refractivity contribution >= 4 is 28.9 Å². The number of rotatable bonds is 5. The third kappa shape index (κ3) is 3.97. The monoisotopic (exact) mass is 513 g/mol. The normalized spacial score (nSPS) is 19.1. The van der Waals surface area contributed by atoms with Gasteiger partial charge in [0, 0.05) is 68.6 Å². The Kier molecular flexibility index (Phi) is 5.70. The number of pyridine rings is 2. The van der Waals surface area contributed by atoms with E-state index in [0.717, 1.165) is 68.5 Å². The molecule has 0 aliphatic carbocycles. The lowest BCUT2D eigenvalue weighted by molar-refractivity contribution is 0.0966. The lowest BCUT2D eigenvalue weighted by atomic mass is 9.98. The lowest BCUT2D eigenvalue weighted by Gasteiger charge is -2.31. The van der Waals surface area contributed by atoms with Gasteiger partial charge in [0.1, 0.15) is 23.1 Å². The molecule has 3 N–H and O–H groups in total. The number of nitrogens with zero attached hydrogens (tertiary/aromatic N) is 4. The minimum atomic E-state index is -0.338. The minimum absolute atomic E-state index is 0.133. The zero-order chi connectivity index (χ0) is 25.6. The highest BCUT2D eigenvalue weighted by Crippen LogP contribution is 2.37. The number of carbonyl (C=O) groups is 1. The van der Waals surface area contributed by atoms with Gasteiger partial charge in [0.05, 0.1) is 29.7 Å². The van der Waals surface area contributed by atoms with Crippen molar-refractivity contribution < 1.29 is 13.9 Å². The van der Waals surface area contributed by atoms with Crippen molar-refractivity contribution in [2.24, 2.45) is 0 Å². The van der Waals surface area contributed by atoms with Crippen LogP contribution in [-0.2, 0) is 11.3 Å². The molecule has 9 nitrogen and oxygen atoms in total. The topological polar surface area (TPSA) is 95.8 Å². The smallest absolute Gasteiger partial charge is 0.254 e. The Bertz CT molecular complexity index is 1540. The standard InChI is InChI=1S/C28H28FN7O2/c29-18-5-9-36-23(15-31-25(36)13-18)20-1-3-22(26-21(20)14-32-28(26)37)33-24-4-2-19(17-6-12-38-16-17)27(34-24)35-10-7-30-8-11-35/h1-5,9,13,15,17,30H,6-8,10-12,14,16H2,(H,32,37)(H,33,34)/t17-/m1/s1. The molecule has 2 fully saturated rings. The first-order valence-electron chi connectivity index (χ1n) is 13.0. The summed E-state index contributed by atoms with van der Waals surface area (Å²) < 4.78 is 21.2. The van der Waals surface area contributed by atoms with Crippen LogP contribution in [0, 0.1) is 5.82 Å². The quantitative estimate of drug-likeness (QED) is 0.376. The van der Waals surface area contributed by atoms with Crippen LogP contribution >= 0.6 is 0 Å². The van der Waals surface area contributed by atoms with Crippen molar-refractivity contribution in [2.45, 2.75) is 18.9 Å². The van der Waals surface area contributed by atoms with Gasteiger partial charge in [0.2, 0.25) is 0 Å². The Morgan fingerprint density at radius 3 is 2.87 bits per heavy atom. The second-order valence-corrected chi connectivity index (χ2v) is 9.95. The van der Waals surface area contributed by atoms with Gasteiger partial charge in [-0.2, -0.15) is 0 Å². The fourth-order valence-electron chi connectivity index (χ4n) is 5.74. The number of hydrogen-bond donors (Lipinski definition) is 3. The first-order chi connectivity index (χ1) is 18.7. The third-order valence-corrected chi connectivity index (χ3v) is 7.67. The highest BCUT2D eigenvalue weighted by Gasteiger charge is 2.29. The second kappa shape index (κ2) is 9.38. The van der Waals surface area contributed by atoms with Crippen LogP contribution in [-0.4, -0.2) is 59.7 Å². The van der Waals surface area contributed by atoms with Gasteiger partial charge < -0.3 is 25.6 Å². The van der Waals surface area contributed by atoms with Crippen LogP contribution < -0.4 is 20.9 Å². The number of benzene rings is 1. The molecule has 0 spiro atoms. The molecule has 1 amide bonds. The molecule has 4 aromatic rings. The summed E-state index contributed by atoms with van der Waals surface area (Å²) in [7, 11) is 0. The Hall–Kier alpha value is -4.02. The predicted molar refractivity (Wildman–Crippen MR) is 143 cm³/mol. The van der Waals surface area contributed by atoms with E-state index in [1.165, 1.54) is 17.7 Å². The molecule has 194 valence electrons. The van der Waals surface area contributed by atoms with E-state index in [2.05, 4.69) is 31.9 Å². The number of piperazine rings is 1. The fourth-order valence-corrected chi connectivity index (χ4v) is 5.74. The van der Waals surface area contributed by atoms with Gasteiger partial charge in [0.25, 0.3) is 5.91 Å². The van der Waals surface area contributed by atoms with Crippen LogP contribution in [0.3, 0.4) is 0 Å². The number of imidazole rings is 1. The highest BCUT2D eigenvalue weighted by atomic mass is 19.1. The molecule has 3 aromatic heterocycles. The van der Waals surface area contributed by atoms with Crippen LogP contribution in [0.1, 0.15) is 33.8 Å². The molecule has 1 atom stereocenters. The minimum Gasteiger partial charge on any atom is -0.381 e. The van der Waals surface area contributed by atoms with E-state index in [4.69, 9.17) is 9.72 Å². The van der Waals surface area contributed by atoms with E-state index in [1.807, 2.05) is 22.6 Å². The summed E-state index contributed by atoms with van der Waals surface area (Å²) in [6.45, 7) is 5.54. The third-order valence-electron chi connectivity index (χ3n) is 7.67. The molecule has 0 radical (unpaired) electrons. The van der Waals surface area contributed by atoms with Crippen molar-refractivity contribution in [2.75, 3.05) is 49.6 Å². The Morgan fingerprint density at radius 1 is 1.13 bits per heavy atom. The van der Waals surface area contributed by atoms with Gasteiger partial charge in [-0.3, -0.25) is 9.20 Å². The lowest BCUT2D eigenvalue weighted by Crippen LogP contribution is -2.44. The molecular formula is C28H28FN7O2. The Balaban J connectivity index is 1.26. The number of halogens is 1. The van der Waals surface area contributed by atoms with E-state index in [1.54, 1.807) is 12.4 Å². The van der Waals surface area contributed by atoms with Crippen molar-refractivity contribution in [3.63, 3.8) is 0 Å². The first kappa shape index (κ1) is 23.1. The molecule has 3 aliphatic heterocycles. The van der Waals surface area contributed by atoms with E-state index < -0.39 is 0 Å². The molecule has 6 heterocycles. The zero-order valence-electron chi connectivity index (χ0n) is 20.8. The molecule has 38 heavy (non-hydrogen) atoms.